The van der Waals surface area contributed by atoms with E-state index in [1.807, 2.05) is 12.1 Å². The Morgan fingerprint density at radius 3 is 3.05 bits per heavy atom. The van der Waals surface area contributed by atoms with Crippen molar-refractivity contribution in [3.8, 4) is 0 Å². The van der Waals surface area contributed by atoms with Gasteiger partial charge in [0.25, 0.3) is 5.91 Å². The van der Waals surface area contributed by atoms with E-state index < -0.39 is 5.95 Å². The fourth-order valence-corrected chi connectivity index (χ4v) is 2.11. The number of nitrogens with zero attached hydrogens (tertiary/aromatic N) is 1. The zero-order chi connectivity index (χ0) is 13.2. The zero-order valence-corrected chi connectivity index (χ0v) is 10.1. The van der Waals surface area contributed by atoms with E-state index in [1.165, 1.54) is 12.1 Å². The van der Waals surface area contributed by atoms with Gasteiger partial charge in [-0.1, -0.05) is 6.07 Å². The smallest absolute Gasteiger partial charge is 0.256 e. The maximum absolute atomic E-state index is 12.9. The number of nitrogens with one attached hydrogen (secondary N) is 2. The summed E-state index contributed by atoms with van der Waals surface area (Å²) in [5, 5.41) is 5.81. The summed E-state index contributed by atoms with van der Waals surface area (Å²) in [4.78, 5) is 15.6. The molecule has 0 aliphatic carbocycles. The minimum absolute atomic E-state index is 0.212. The van der Waals surface area contributed by atoms with Crippen molar-refractivity contribution in [2.24, 2.45) is 0 Å². The van der Waals surface area contributed by atoms with Gasteiger partial charge in [-0.25, -0.2) is 4.98 Å². The monoisotopic (exact) mass is 257 g/mol. The van der Waals surface area contributed by atoms with Gasteiger partial charge >= 0.3 is 0 Å². The van der Waals surface area contributed by atoms with Gasteiger partial charge in [-0.15, -0.1) is 0 Å². The van der Waals surface area contributed by atoms with Crippen molar-refractivity contribution in [2.75, 3.05) is 17.2 Å². The number of benzene rings is 1. The van der Waals surface area contributed by atoms with E-state index in [9.17, 15) is 9.18 Å². The molecule has 96 valence electrons. The summed E-state index contributed by atoms with van der Waals surface area (Å²) in [7, 11) is 0. The van der Waals surface area contributed by atoms with Gasteiger partial charge in [0.15, 0.2) is 0 Å². The first-order chi connectivity index (χ1) is 9.22. The van der Waals surface area contributed by atoms with Crippen molar-refractivity contribution in [1.82, 2.24) is 4.98 Å². The zero-order valence-electron chi connectivity index (χ0n) is 10.1. The van der Waals surface area contributed by atoms with Gasteiger partial charge in [0.2, 0.25) is 5.95 Å². The van der Waals surface area contributed by atoms with Gasteiger partial charge in [0, 0.05) is 17.8 Å². The lowest BCUT2D eigenvalue weighted by Gasteiger charge is -2.06. The molecule has 2 heterocycles. The predicted octanol–water partition coefficient (Wildman–Crippen LogP) is 2.44. The summed E-state index contributed by atoms with van der Waals surface area (Å²) in [6, 6.07) is 9.77. The number of rotatable bonds is 2. The average molecular weight is 257 g/mol. The number of fused-ring (bicyclic) bond motifs is 1. The molecule has 3 rings (SSSR count). The molecule has 0 radical (unpaired) electrons. The molecule has 1 aromatic carbocycles. The highest BCUT2D eigenvalue weighted by molar-refractivity contribution is 6.04. The summed E-state index contributed by atoms with van der Waals surface area (Å²) < 4.78 is 12.9. The second-order valence-corrected chi connectivity index (χ2v) is 4.35. The Bertz CT molecular complexity index is 642. The predicted molar refractivity (Wildman–Crippen MR) is 70.8 cm³/mol. The molecule has 0 spiro atoms. The van der Waals surface area contributed by atoms with Crippen molar-refractivity contribution in [1.29, 1.82) is 0 Å². The fraction of sp³-hybridized carbons (Fsp3) is 0.143. The summed E-state index contributed by atoms with van der Waals surface area (Å²) in [5.74, 6) is -0.688. The second-order valence-electron chi connectivity index (χ2n) is 4.35. The van der Waals surface area contributed by atoms with Crippen LogP contribution in [0.1, 0.15) is 15.9 Å². The standard InChI is InChI=1S/C14H12FN3O/c15-12-2-1-3-13(17-12)18-14(19)10-4-5-11-9(8-10)6-7-16-11/h1-5,8,16H,6-7H2,(H,17,18,19). The van der Waals surface area contributed by atoms with Crippen LogP contribution in [0.5, 0.6) is 0 Å². The van der Waals surface area contributed by atoms with Crippen molar-refractivity contribution in [3.05, 3.63) is 53.5 Å². The Kier molecular flexibility index (Phi) is 2.87. The van der Waals surface area contributed by atoms with Crippen LogP contribution in [-0.4, -0.2) is 17.4 Å². The Hall–Kier alpha value is -2.43. The fourth-order valence-electron chi connectivity index (χ4n) is 2.11. The molecule has 0 saturated heterocycles. The molecule has 1 amide bonds. The maximum Gasteiger partial charge on any atom is 0.256 e. The van der Waals surface area contributed by atoms with Crippen molar-refractivity contribution in [3.63, 3.8) is 0 Å². The number of pyridine rings is 1. The molecular formula is C14H12FN3O. The van der Waals surface area contributed by atoms with E-state index in [-0.39, 0.29) is 11.7 Å². The van der Waals surface area contributed by atoms with E-state index in [0.29, 0.717) is 5.56 Å². The van der Waals surface area contributed by atoms with Crippen LogP contribution in [-0.2, 0) is 6.42 Å². The third-order valence-corrected chi connectivity index (χ3v) is 3.03. The van der Waals surface area contributed by atoms with E-state index >= 15 is 0 Å². The third kappa shape index (κ3) is 2.40. The summed E-state index contributed by atoms with van der Waals surface area (Å²) in [6.07, 6.45) is 0.911. The first-order valence-electron chi connectivity index (χ1n) is 6.03. The number of hydrogen-bond donors (Lipinski definition) is 2. The minimum atomic E-state index is -0.615. The Balaban J connectivity index is 1.81. The molecular weight excluding hydrogens is 245 g/mol. The molecule has 1 aromatic heterocycles. The SMILES string of the molecule is O=C(Nc1cccc(F)n1)c1ccc2c(c1)CCN2. The van der Waals surface area contributed by atoms with Crippen LogP contribution in [0.25, 0.3) is 0 Å². The lowest BCUT2D eigenvalue weighted by molar-refractivity contribution is 0.102. The van der Waals surface area contributed by atoms with Crippen LogP contribution in [0.2, 0.25) is 0 Å². The van der Waals surface area contributed by atoms with E-state index in [4.69, 9.17) is 0 Å². The Morgan fingerprint density at radius 2 is 2.21 bits per heavy atom. The van der Waals surface area contributed by atoms with Gasteiger partial charge in [0.05, 0.1) is 0 Å². The van der Waals surface area contributed by atoms with Crippen LogP contribution in [0.4, 0.5) is 15.9 Å². The number of halogens is 1. The van der Waals surface area contributed by atoms with Gasteiger partial charge in [-0.3, -0.25) is 4.79 Å². The summed E-state index contributed by atoms with van der Waals surface area (Å²) in [5.41, 5.74) is 2.74. The van der Waals surface area contributed by atoms with Gasteiger partial charge in [-0.2, -0.15) is 4.39 Å². The Labute approximate surface area is 109 Å². The molecule has 0 fully saturated rings. The van der Waals surface area contributed by atoms with Crippen LogP contribution in [0.15, 0.2) is 36.4 Å². The highest BCUT2D eigenvalue weighted by Crippen LogP contribution is 2.23. The number of carbonyl (C=O) groups is 1. The molecule has 0 atom stereocenters. The molecule has 19 heavy (non-hydrogen) atoms. The molecule has 5 heteroatoms. The van der Waals surface area contributed by atoms with Crippen molar-refractivity contribution in [2.45, 2.75) is 6.42 Å². The largest absolute Gasteiger partial charge is 0.384 e. The second kappa shape index (κ2) is 4.68. The van der Waals surface area contributed by atoms with Gasteiger partial charge in [0.1, 0.15) is 5.82 Å². The van der Waals surface area contributed by atoms with E-state index in [0.717, 1.165) is 24.2 Å². The highest BCUT2D eigenvalue weighted by atomic mass is 19.1. The van der Waals surface area contributed by atoms with Crippen LogP contribution >= 0.6 is 0 Å². The molecule has 0 saturated carbocycles. The first-order valence-corrected chi connectivity index (χ1v) is 6.03. The minimum Gasteiger partial charge on any atom is -0.384 e. The lowest BCUT2D eigenvalue weighted by Crippen LogP contribution is -2.13. The average Bonchev–Trinajstić information content (AvgIpc) is 2.85. The van der Waals surface area contributed by atoms with Crippen LogP contribution < -0.4 is 10.6 Å². The van der Waals surface area contributed by atoms with E-state index in [1.54, 1.807) is 12.1 Å². The molecule has 0 bridgehead atoms. The molecule has 1 aliphatic heterocycles. The number of anilines is 2. The lowest BCUT2D eigenvalue weighted by atomic mass is 10.1. The normalized spacial score (nSPS) is 12.7. The number of aromatic nitrogens is 1. The topological polar surface area (TPSA) is 54.0 Å². The van der Waals surface area contributed by atoms with Gasteiger partial charge in [-0.05, 0) is 42.3 Å². The number of hydrogen-bond acceptors (Lipinski definition) is 3. The third-order valence-electron chi connectivity index (χ3n) is 3.03. The molecule has 2 aromatic rings. The quantitative estimate of drug-likeness (QED) is 0.812. The molecule has 1 aliphatic rings. The van der Waals surface area contributed by atoms with Crippen LogP contribution in [0, 0.1) is 5.95 Å². The van der Waals surface area contributed by atoms with Crippen molar-refractivity contribution < 1.29 is 9.18 Å². The highest BCUT2D eigenvalue weighted by Gasteiger charge is 2.13. The molecule has 2 N–H and O–H groups in total. The van der Waals surface area contributed by atoms with Crippen molar-refractivity contribution >= 4 is 17.4 Å². The van der Waals surface area contributed by atoms with Crippen LogP contribution in [0.3, 0.4) is 0 Å². The first kappa shape index (κ1) is 11.6. The molecule has 0 unspecified atom stereocenters. The number of amides is 1. The Morgan fingerprint density at radius 1 is 1.32 bits per heavy atom. The molecule has 4 nitrogen and oxygen atoms in total. The summed E-state index contributed by atoms with van der Waals surface area (Å²) in [6.45, 7) is 0.895. The maximum atomic E-state index is 12.9. The van der Waals surface area contributed by atoms with Gasteiger partial charge < -0.3 is 10.6 Å². The van der Waals surface area contributed by atoms with E-state index in [2.05, 4.69) is 15.6 Å². The summed E-state index contributed by atoms with van der Waals surface area (Å²) >= 11 is 0. The number of carbonyl (C=O) groups excluding carboxylic acids is 1.